The summed E-state index contributed by atoms with van der Waals surface area (Å²) in [5.74, 6) is 0. The number of nitrogens with zero attached hydrogens (tertiary/aromatic N) is 3. The molecule has 3 heterocycles. The van der Waals surface area contributed by atoms with Crippen LogP contribution in [0.15, 0.2) is 116 Å². The molecule has 0 bridgehead atoms. The van der Waals surface area contributed by atoms with Gasteiger partial charge in [0, 0.05) is 40.8 Å². The quantitative estimate of drug-likeness (QED) is 0.352. The van der Waals surface area contributed by atoms with Gasteiger partial charge in [-0.25, -0.2) is 0 Å². The van der Waals surface area contributed by atoms with Crippen molar-refractivity contribution in [1.82, 2.24) is 15.0 Å². The Kier molecular flexibility index (Phi) is 4.84. The van der Waals surface area contributed by atoms with E-state index in [0.717, 1.165) is 39.3 Å². The summed E-state index contributed by atoms with van der Waals surface area (Å²) in [5, 5.41) is 0. The maximum absolute atomic E-state index is 4.65. The molecule has 0 aliphatic carbocycles. The van der Waals surface area contributed by atoms with Gasteiger partial charge >= 0.3 is 0 Å². The second kappa shape index (κ2) is 8.10. The van der Waals surface area contributed by atoms with Crippen LogP contribution in [0.2, 0.25) is 0 Å². The molecule has 5 rings (SSSR count). The van der Waals surface area contributed by atoms with Gasteiger partial charge in [0.15, 0.2) is 0 Å². The summed E-state index contributed by atoms with van der Waals surface area (Å²) in [6, 6.07) is 32.8. The van der Waals surface area contributed by atoms with Crippen LogP contribution in [-0.2, 0) is 0 Å². The zero-order valence-corrected chi connectivity index (χ0v) is 16.3. The zero-order chi connectivity index (χ0) is 20.2. The molecule has 0 saturated heterocycles. The highest BCUT2D eigenvalue weighted by Crippen LogP contribution is 2.26. The first-order valence-corrected chi connectivity index (χ1v) is 9.86. The second-order valence-electron chi connectivity index (χ2n) is 7.02. The van der Waals surface area contributed by atoms with E-state index in [1.165, 1.54) is 5.56 Å². The highest BCUT2D eigenvalue weighted by atomic mass is 14.7. The summed E-state index contributed by atoms with van der Waals surface area (Å²) >= 11 is 0. The molecule has 0 unspecified atom stereocenters. The smallest absolute Gasteiger partial charge is 0.0717 e. The van der Waals surface area contributed by atoms with Gasteiger partial charge in [0.25, 0.3) is 0 Å². The van der Waals surface area contributed by atoms with Crippen molar-refractivity contribution in [3.8, 4) is 44.9 Å². The molecule has 3 nitrogen and oxygen atoms in total. The van der Waals surface area contributed by atoms with Crippen molar-refractivity contribution >= 4 is 0 Å². The van der Waals surface area contributed by atoms with E-state index in [1.54, 1.807) is 6.20 Å². The van der Waals surface area contributed by atoms with Gasteiger partial charge in [-0.15, -0.1) is 0 Å². The first-order chi connectivity index (χ1) is 14.9. The highest BCUT2D eigenvalue weighted by molar-refractivity contribution is 5.70. The van der Waals surface area contributed by atoms with E-state index >= 15 is 0 Å². The van der Waals surface area contributed by atoms with E-state index in [0.29, 0.717) is 0 Å². The van der Waals surface area contributed by atoms with Crippen LogP contribution in [0.3, 0.4) is 0 Å². The van der Waals surface area contributed by atoms with Crippen molar-refractivity contribution in [3.63, 3.8) is 0 Å². The average molecular weight is 385 g/mol. The summed E-state index contributed by atoms with van der Waals surface area (Å²) < 4.78 is 0. The van der Waals surface area contributed by atoms with Crippen LogP contribution in [0, 0.1) is 0 Å². The van der Waals surface area contributed by atoms with Crippen molar-refractivity contribution in [1.29, 1.82) is 0 Å². The lowest BCUT2D eigenvalue weighted by Gasteiger charge is -2.06. The molecule has 0 radical (unpaired) electrons. The molecule has 0 atom stereocenters. The Morgan fingerprint density at radius 3 is 1.40 bits per heavy atom. The van der Waals surface area contributed by atoms with E-state index in [9.17, 15) is 0 Å². The molecular weight excluding hydrogens is 366 g/mol. The second-order valence-corrected chi connectivity index (χ2v) is 7.02. The van der Waals surface area contributed by atoms with Gasteiger partial charge in [-0.2, -0.15) is 0 Å². The van der Waals surface area contributed by atoms with Crippen LogP contribution in [0.1, 0.15) is 0 Å². The summed E-state index contributed by atoms with van der Waals surface area (Å²) in [4.78, 5) is 13.6. The first kappa shape index (κ1) is 18.0. The van der Waals surface area contributed by atoms with Gasteiger partial charge in [-0.1, -0.05) is 66.7 Å². The standard InChI is InChI=1S/C27H19N3/c1-2-6-20(7-3-1)23-13-15-26(29-18-23)21-9-11-22(12-10-21)27-16-14-24(19-30-27)25-8-4-5-17-28-25/h1-19H. The Labute approximate surface area is 175 Å². The zero-order valence-electron chi connectivity index (χ0n) is 16.3. The van der Waals surface area contributed by atoms with Crippen LogP contribution < -0.4 is 0 Å². The van der Waals surface area contributed by atoms with Gasteiger partial charge in [0.1, 0.15) is 0 Å². The van der Waals surface area contributed by atoms with Crippen molar-refractivity contribution < 1.29 is 0 Å². The number of pyridine rings is 3. The number of benzene rings is 2. The molecular formula is C27H19N3. The summed E-state index contributed by atoms with van der Waals surface area (Å²) in [5.41, 5.74) is 8.29. The monoisotopic (exact) mass is 385 g/mol. The normalized spacial score (nSPS) is 10.7. The molecule has 3 heteroatoms. The Morgan fingerprint density at radius 2 is 0.867 bits per heavy atom. The molecule has 5 aromatic rings. The van der Waals surface area contributed by atoms with Crippen molar-refractivity contribution in [2.24, 2.45) is 0 Å². The fourth-order valence-corrected chi connectivity index (χ4v) is 3.43. The lowest BCUT2D eigenvalue weighted by Crippen LogP contribution is -1.88. The van der Waals surface area contributed by atoms with Crippen LogP contribution in [0.25, 0.3) is 44.9 Å². The summed E-state index contributed by atoms with van der Waals surface area (Å²) in [6.07, 6.45) is 5.59. The van der Waals surface area contributed by atoms with Gasteiger partial charge in [-0.3, -0.25) is 15.0 Å². The van der Waals surface area contributed by atoms with Gasteiger partial charge in [0.05, 0.1) is 17.1 Å². The molecule has 2 aromatic carbocycles. The van der Waals surface area contributed by atoms with Crippen molar-refractivity contribution in [2.45, 2.75) is 0 Å². The number of rotatable bonds is 4. The predicted octanol–water partition coefficient (Wildman–Crippen LogP) is 6.54. The number of hydrogen-bond donors (Lipinski definition) is 0. The van der Waals surface area contributed by atoms with Gasteiger partial charge < -0.3 is 0 Å². The lowest BCUT2D eigenvalue weighted by atomic mass is 10.0. The third-order valence-corrected chi connectivity index (χ3v) is 5.07. The predicted molar refractivity (Wildman–Crippen MR) is 122 cm³/mol. The molecule has 0 saturated carbocycles. The fraction of sp³-hybridized carbons (Fsp3) is 0. The summed E-state index contributed by atoms with van der Waals surface area (Å²) in [6.45, 7) is 0. The third-order valence-electron chi connectivity index (χ3n) is 5.07. The third kappa shape index (κ3) is 3.74. The molecule has 0 aliphatic rings. The molecule has 3 aromatic heterocycles. The van der Waals surface area contributed by atoms with Crippen molar-refractivity contribution in [3.05, 3.63) is 116 Å². The maximum Gasteiger partial charge on any atom is 0.0717 e. The largest absolute Gasteiger partial charge is 0.256 e. The maximum atomic E-state index is 4.65. The molecule has 142 valence electrons. The fourth-order valence-electron chi connectivity index (χ4n) is 3.43. The first-order valence-electron chi connectivity index (χ1n) is 9.86. The van der Waals surface area contributed by atoms with Crippen LogP contribution in [0.4, 0.5) is 0 Å². The minimum Gasteiger partial charge on any atom is -0.256 e. The Balaban J connectivity index is 1.35. The average Bonchev–Trinajstić information content (AvgIpc) is 2.85. The molecule has 0 aliphatic heterocycles. The molecule has 0 amide bonds. The van der Waals surface area contributed by atoms with E-state index in [1.807, 2.05) is 54.9 Å². The van der Waals surface area contributed by atoms with E-state index < -0.39 is 0 Å². The van der Waals surface area contributed by atoms with E-state index in [4.69, 9.17) is 0 Å². The van der Waals surface area contributed by atoms with E-state index in [2.05, 4.69) is 69.5 Å². The topological polar surface area (TPSA) is 38.7 Å². The van der Waals surface area contributed by atoms with Crippen LogP contribution >= 0.6 is 0 Å². The highest BCUT2D eigenvalue weighted by Gasteiger charge is 2.05. The molecule has 0 spiro atoms. The van der Waals surface area contributed by atoms with Crippen LogP contribution in [-0.4, -0.2) is 15.0 Å². The van der Waals surface area contributed by atoms with E-state index in [-0.39, 0.29) is 0 Å². The van der Waals surface area contributed by atoms with Gasteiger partial charge in [-0.05, 0) is 35.9 Å². The minimum absolute atomic E-state index is 0.928. The minimum atomic E-state index is 0.928. The van der Waals surface area contributed by atoms with Gasteiger partial charge in [0.2, 0.25) is 0 Å². The lowest BCUT2D eigenvalue weighted by molar-refractivity contribution is 1.28. The SMILES string of the molecule is c1ccc(-c2ccc(-c3ccc(-c4ccc(-c5ccccn5)cn4)cc3)nc2)cc1. The number of aromatic nitrogens is 3. The molecule has 0 fully saturated rings. The molecule has 0 N–H and O–H groups in total. The van der Waals surface area contributed by atoms with Crippen molar-refractivity contribution in [2.75, 3.05) is 0 Å². The Hall–Kier alpha value is -4.11. The molecule has 30 heavy (non-hydrogen) atoms. The van der Waals surface area contributed by atoms with Crippen LogP contribution in [0.5, 0.6) is 0 Å². The Bertz CT molecular complexity index is 1130. The summed E-state index contributed by atoms with van der Waals surface area (Å²) in [7, 11) is 0. The number of hydrogen-bond acceptors (Lipinski definition) is 3. The Morgan fingerprint density at radius 1 is 0.333 bits per heavy atom.